The Morgan fingerprint density at radius 3 is 2.56 bits per heavy atom. The maximum absolute atomic E-state index is 14.1. The summed E-state index contributed by atoms with van der Waals surface area (Å²) in [5, 5.41) is 15.7. The van der Waals surface area contributed by atoms with Crippen LogP contribution in [0, 0.1) is 17.8 Å². The van der Waals surface area contributed by atoms with Crippen molar-refractivity contribution in [3.8, 4) is 5.75 Å². The molecule has 3 N–H and O–H groups in total. The topological polar surface area (TPSA) is 108 Å². The van der Waals surface area contributed by atoms with Crippen LogP contribution in [-0.2, 0) is 14.4 Å². The molecule has 10 heteroatoms. The van der Waals surface area contributed by atoms with E-state index in [1.807, 2.05) is 6.92 Å². The van der Waals surface area contributed by atoms with Gasteiger partial charge in [0.25, 0.3) is 0 Å². The number of nitrogens with zero attached hydrogens (tertiary/aromatic N) is 1. The number of thioether (sulfide) groups is 1. The number of para-hydroxylation sites is 1. The third-order valence-corrected chi connectivity index (χ3v) is 10.6. The summed E-state index contributed by atoms with van der Waals surface area (Å²) >= 11 is 7.96. The number of nitrogens with one attached hydrogen (secondary N) is 2. The van der Waals surface area contributed by atoms with Crippen molar-refractivity contribution in [1.82, 2.24) is 4.90 Å². The van der Waals surface area contributed by atoms with Gasteiger partial charge in [0.1, 0.15) is 11.8 Å². The largest absolute Gasteiger partial charge is 0.494 e. The van der Waals surface area contributed by atoms with Gasteiger partial charge < -0.3 is 25.4 Å². The number of carbonyl (C=O) groups excluding carboxylic acids is 3. The zero-order valence-electron chi connectivity index (χ0n) is 22.1. The first kappa shape index (κ1) is 27.8. The molecule has 3 unspecified atom stereocenters. The Balaban J connectivity index is 1.45. The molecule has 0 aromatic heterocycles. The molecule has 3 fully saturated rings. The lowest BCUT2D eigenvalue weighted by molar-refractivity contribution is -0.138. The average molecular weight is 572 g/mol. The number of amides is 3. The Hall–Kier alpha value is -2.75. The highest BCUT2D eigenvalue weighted by atomic mass is 35.5. The molecular weight excluding hydrogens is 538 g/mol. The van der Waals surface area contributed by atoms with Gasteiger partial charge in [-0.1, -0.05) is 30.7 Å². The molecule has 39 heavy (non-hydrogen) atoms. The third kappa shape index (κ3) is 4.89. The number of anilines is 2. The van der Waals surface area contributed by atoms with Gasteiger partial charge in [0, 0.05) is 24.1 Å². The standard InChI is InChI=1S/C29H34ClN3O5S/c1-3-38-19-12-10-18(11-13-19)31-26(35)23-22-16-17(2)29(39-22)24(23)28(37)33(14-6-7-15-34)25(29)27(36)32-21-9-5-4-8-20(21)30/h4-5,8-13,17,22-25,34H,3,6-7,14-16H2,1-2H3,(H,31,35)(H,32,36)/t17?,22-,23+,24-,25?,29?/m0/s1. The van der Waals surface area contributed by atoms with Crippen molar-refractivity contribution in [3.05, 3.63) is 53.6 Å². The van der Waals surface area contributed by atoms with Crippen LogP contribution in [-0.4, -0.2) is 63.5 Å². The predicted octanol–water partition coefficient (Wildman–Crippen LogP) is 4.43. The van der Waals surface area contributed by atoms with Crippen LogP contribution in [0.5, 0.6) is 5.75 Å². The van der Waals surface area contributed by atoms with Gasteiger partial charge in [-0.2, -0.15) is 0 Å². The van der Waals surface area contributed by atoms with Gasteiger partial charge in [-0.25, -0.2) is 0 Å². The maximum atomic E-state index is 14.1. The van der Waals surface area contributed by atoms with Crippen LogP contribution in [0.25, 0.3) is 0 Å². The van der Waals surface area contributed by atoms with Crippen molar-refractivity contribution in [1.29, 1.82) is 0 Å². The second kappa shape index (κ2) is 11.4. The lowest BCUT2D eigenvalue weighted by atomic mass is 9.66. The van der Waals surface area contributed by atoms with Crippen LogP contribution in [0.3, 0.4) is 0 Å². The van der Waals surface area contributed by atoms with Crippen molar-refractivity contribution in [2.75, 3.05) is 30.4 Å². The van der Waals surface area contributed by atoms with E-state index in [4.69, 9.17) is 16.3 Å². The maximum Gasteiger partial charge on any atom is 0.248 e. The third-order valence-electron chi connectivity index (χ3n) is 8.17. The Bertz CT molecular complexity index is 1240. The van der Waals surface area contributed by atoms with Crippen molar-refractivity contribution in [2.24, 2.45) is 17.8 Å². The smallest absolute Gasteiger partial charge is 0.248 e. The summed E-state index contributed by atoms with van der Waals surface area (Å²) in [5.41, 5.74) is 1.12. The van der Waals surface area contributed by atoms with E-state index in [1.54, 1.807) is 65.2 Å². The number of fused-ring (bicyclic) bond motifs is 1. The van der Waals surface area contributed by atoms with E-state index in [2.05, 4.69) is 17.6 Å². The quantitative estimate of drug-likeness (QED) is 0.364. The van der Waals surface area contributed by atoms with E-state index < -0.39 is 22.6 Å². The SMILES string of the molecule is CCOc1ccc(NC(=O)[C@@H]2[C@@H]3CC(C)C4(S3)C(C(=O)Nc3ccccc3Cl)N(CCCCO)C(=O)[C@H]24)cc1. The molecule has 3 heterocycles. The van der Waals surface area contributed by atoms with E-state index in [1.165, 1.54) is 0 Å². The molecule has 2 bridgehead atoms. The molecular formula is C29H34ClN3O5S. The molecule has 208 valence electrons. The molecule has 5 rings (SSSR count). The van der Waals surface area contributed by atoms with Crippen LogP contribution < -0.4 is 15.4 Å². The number of hydrogen-bond acceptors (Lipinski definition) is 6. The van der Waals surface area contributed by atoms with E-state index >= 15 is 0 Å². The Morgan fingerprint density at radius 1 is 1.13 bits per heavy atom. The summed E-state index contributed by atoms with van der Waals surface area (Å²) in [6, 6.07) is 13.5. The minimum Gasteiger partial charge on any atom is -0.494 e. The van der Waals surface area contributed by atoms with Crippen LogP contribution in [0.1, 0.15) is 33.1 Å². The van der Waals surface area contributed by atoms with Gasteiger partial charge in [-0.05, 0) is 68.5 Å². The van der Waals surface area contributed by atoms with Gasteiger partial charge in [-0.3, -0.25) is 14.4 Å². The first-order valence-corrected chi connectivity index (χ1v) is 14.8. The van der Waals surface area contributed by atoms with Crippen LogP contribution >= 0.6 is 23.4 Å². The normalized spacial score (nSPS) is 28.9. The molecule has 2 aromatic rings. The molecule has 3 aliphatic heterocycles. The number of benzene rings is 2. The number of carbonyl (C=O) groups is 3. The number of rotatable bonds is 10. The summed E-state index contributed by atoms with van der Waals surface area (Å²) in [6.45, 7) is 4.89. The monoisotopic (exact) mass is 571 g/mol. The lowest BCUT2D eigenvalue weighted by Gasteiger charge is -2.38. The number of likely N-dealkylation sites (tertiary alicyclic amines) is 1. The van der Waals surface area contributed by atoms with Crippen LogP contribution in [0.2, 0.25) is 5.02 Å². The highest BCUT2D eigenvalue weighted by molar-refractivity contribution is 8.02. The van der Waals surface area contributed by atoms with E-state index in [9.17, 15) is 19.5 Å². The van der Waals surface area contributed by atoms with Gasteiger partial charge >= 0.3 is 0 Å². The first-order chi connectivity index (χ1) is 18.8. The van der Waals surface area contributed by atoms with Crippen molar-refractivity contribution >= 4 is 52.5 Å². The first-order valence-electron chi connectivity index (χ1n) is 13.5. The molecule has 0 aliphatic carbocycles. The summed E-state index contributed by atoms with van der Waals surface area (Å²) < 4.78 is 4.77. The zero-order valence-corrected chi connectivity index (χ0v) is 23.6. The summed E-state index contributed by atoms with van der Waals surface area (Å²) in [6.07, 6.45) is 1.83. The number of aliphatic hydroxyl groups excluding tert-OH is 1. The number of ether oxygens (including phenoxy) is 1. The van der Waals surface area contributed by atoms with Gasteiger partial charge in [0.05, 0.1) is 33.9 Å². The van der Waals surface area contributed by atoms with Crippen molar-refractivity contribution < 1.29 is 24.2 Å². The second-order valence-corrected chi connectivity index (χ2v) is 12.4. The van der Waals surface area contributed by atoms with Gasteiger partial charge in [-0.15, -0.1) is 11.8 Å². The Labute approximate surface area is 237 Å². The van der Waals surface area contributed by atoms with Crippen molar-refractivity contribution in [3.63, 3.8) is 0 Å². The number of hydrogen-bond donors (Lipinski definition) is 3. The Morgan fingerprint density at radius 2 is 1.87 bits per heavy atom. The molecule has 3 saturated heterocycles. The summed E-state index contributed by atoms with van der Waals surface area (Å²) in [7, 11) is 0. The van der Waals surface area contributed by atoms with Gasteiger partial charge in [0.15, 0.2) is 0 Å². The summed E-state index contributed by atoms with van der Waals surface area (Å²) in [4.78, 5) is 43.4. The second-order valence-electron chi connectivity index (χ2n) is 10.4. The van der Waals surface area contributed by atoms with E-state index in [-0.39, 0.29) is 35.5 Å². The lowest BCUT2D eigenvalue weighted by Crippen LogP contribution is -2.54. The molecule has 0 radical (unpaired) electrons. The fraction of sp³-hybridized carbons (Fsp3) is 0.483. The minimum absolute atomic E-state index is 0.00737. The molecule has 8 nitrogen and oxygen atoms in total. The molecule has 3 amide bonds. The average Bonchev–Trinajstić information content (AvgIpc) is 3.50. The highest BCUT2D eigenvalue weighted by Gasteiger charge is 2.75. The number of aliphatic hydroxyl groups is 1. The van der Waals surface area contributed by atoms with Crippen LogP contribution in [0.4, 0.5) is 11.4 Å². The van der Waals surface area contributed by atoms with Crippen molar-refractivity contribution in [2.45, 2.75) is 49.1 Å². The fourth-order valence-electron chi connectivity index (χ4n) is 6.54. The van der Waals surface area contributed by atoms with E-state index in [0.717, 1.165) is 12.2 Å². The molecule has 3 aliphatic rings. The van der Waals surface area contributed by atoms with Crippen LogP contribution in [0.15, 0.2) is 48.5 Å². The zero-order chi connectivity index (χ0) is 27.7. The van der Waals surface area contributed by atoms with E-state index in [0.29, 0.717) is 42.4 Å². The van der Waals surface area contributed by atoms with Gasteiger partial charge in [0.2, 0.25) is 17.7 Å². The highest BCUT2D eigenvalue weighted by Crippen LogP contribution is 2.68. The minimum atomic E-state index is -0.752. The molecule has 1 spiro atoms. The summed E-state index contributed by atoms with van der Waals surface area (Å²) in [5.74, 6) is -1.06. The number of halogens is 1. The number of unbranched alkanes of at least 4 members (excludes halogenated alkanes) is 1. The predicted molar refractivity (Wildman–Crippen MR) is 153 cm³/mol. The fourth-order valence-corrected chi connectivity index (χ4v) is 9.15. The molecule has 2 aromatic carbocycles. The molecule has 0 saturated carbocycles. The molecule has 6 atom stereocenters. The Kier molecular flexibility index (Phi) is 8.12.